The highest BCUT2D eigenvalue weighted by molar-refractivity contribution is 5.94. The predicted octanol–water partition coefficient (Wildman–Crippen LogP) is 1.42. The molecule has 0 aromatic carbocycles. The fourth-order valence-electron chi connectivity index (χ4n) is 2.04. The van der Waals surface area contributed by atoms with Gasteiger partial charge in [0.1, 0.15) is 5.82 Å². The van der Waals surface area contributed by atoms with Crippen molar-refractivity contribution in [2.75, 3.05) is 26.0 Å². The molecule has 2 rings (SSSR count). The molecule has 5 nitrogen and oxygen atoms in total. The number of ether oxygens (including phenoxy) is 1. The van der Waals surface area contributed by atoms with E-state index in [9.17, 15) is 4.79 Å². The van der Waals surface area contributed by atoms with E-state index in [4.69, 9.17) is 4.74 Å². The standard InChI is InChI=1S/C13H19N3O2/c1-14-11-5-4-10(8-15-11)12(17)16-9-13(18-2)6-3-7-13/h4-5,8H,3,6-7,9H2,1-2H3,(H,14,15)(H,16,17). The largest absolute Gasteiger partial charge is 0.376 e. The van der Waals surface area contributed by atoms with Gasteiger partial charge in [-0.2, -0.15) is 0 Å². The summed E-state index contributed by atoms with van der Waals surface area (Å²) in [4.78, 5) is 16.0. The van der Waals surface area contributed by atoms with E-state index in [2.05, 4.69) is 15.6 Å². The maximum absolute atomic E-state index is 11.9. The third-order valence-corrected chi connectivity index (χ3v) is 3.55. The van der Waals surface area contributed by atoms with Crippen molar-refractivity contribution in [1.82, 2.24) is 10.3 Å². The van der Waals surface area contributed by atoms with Crippen LogP contribution in [-0.4, -0.2) is 37.2 Å². The first-order valence-corrected chi connectivity index (χ1v) is 6.16. The number of nitrogens with zero attached hydrogens (tertiary/aromatic N) is 1. The van der Waals surface area contributed by atoms with Crippen LogP contribution in [0.2, 0.25) is 0 Å². The van der Waals surface area contributed by atoms with Gasteiger partial charge in [-0.1, -0.05) is 0 Å². The molecule has 0 atom stereocenters. The zero-order valence-corrected chi connectivity index (χ0v) is 10.8. The molecule has 1 heterocycles. The van der Waals surface area contributed by atoms with Crippen LogP contribution >= 0.6 is 0 Å². The van der Waals surface area contributed by atoms with Crippen molar-refractivity contribution in [2.45, 2.75) is 24.9 Å². The van der Waals surface area contributed by atoms with Crippen LogP contribution in [0.1, 0.15) is 29.6 Å². The molecule has 18 heavy (non-hydrogen) atoms. The number of pyridine rings is 1. The average Bonchev–Trinajstić information content (AvgIpc) is 2.38. The van der Waals surface area contributed by atoms with Gasteiger partial charge in [0.25, 0.3) is 5.91 Å². The summed E-state index contributed by atoms with van der Waals surface area (Å²) in [5, 5.41) is 5.82. The van der Waals surface area contributed by atoms with Gasteiger partial charge >= 0.3 is 0 Å². The Bertz CT molecular complexity index is 407. The second-order valence-corrected chi connectivity index (χ2v) is 4.61. The van der Waals surface area contributed by atoms with Crippen molar-refractivity contribution in [2.24, 2.45) is 0 Å². The Morgan fingerprint density at radius 3 is 2.72 bits per heavy atom. The lowest BCUT2D eigenvalue weighted by Gasteiger charge is -2.40. The number of amides is 1. The fraction of sp³-hybridized carbons (Fsp3) is 0.538. The number of nitrogens with one attached hydrogen (secondary N) is 2. The van der Waals surface area contributed by atoms with Crippen molar-refractivity contribution in [3.8, 4) is 0 Å². The SMILES string of the molecule is CNc1ccc(C(=O)NCC2(OC)CCC2)cn1. The summed E-state index contributed by atoms with van der Waals surface area (Å²) >= 11 is 0. The second-order valence-electron chi connectivity index (χ2n) is 4.61. The lowest BCUT2D eigenvalue weighted by atomic mass is 9.80. The monoisotopic (exact) mass is 249 g/mol. The molecule has 1 aromatic heterocycles. The van der Waals surface area contributed by atoms with E-state index in [0.717, 1.165) is 18.7 Å². The first kappa shape index (κ1) is 12.8. The average molecular weight is 249 g/mol. The molecule has 0 aliphatic heterocycles. The zero-order chi connectivity index (χ0) is 13.0. The van der Waals surface area contributed by atoms with Crippen molar-refractivity contribution in [3.05, 3.63) is 23.9 Å². The Kier molecular flexibility index (Phi) is 3.81. The molecule has 0 spiro atoms. The fourth-order valence-corrected chi connectivity index (χ4v) is 2.04. The molecule has 1 amide bonds. The van der Waals surface area contributed by atoms with Crippen molar-refractivity contribution in [3.63, 3.8) is 0 Å². The van der Waals surface area contributed by atoms with Crippen LogP contribution < -0.4 is 10.6 Å². The molecule has 0 saturated heterocycles. The van der Waals surface area contributed by atoms with Gasteiger partial charge in [-0.15, -0.1) is 0 Å². The van der Waals surface area contributed by atoms with Crippen molar-refractivity contribution in [1.29, 1.82) is 0 Å². The molecular weight excluding hydrogens is 230 g/mol. The van der Waals surface area contributed by atoms with Crippen LogP contribution in [-0.2, 0) is 4.74 Å². The minimum absolute atomic E-state index is 0.103. The summed E-state index contributed by atoms with van der Waals surface area (Å²) in [5.41, 5.74) is 0.424. The molecule has 0 radical (unpaired) electrons. The van der Waals surface area contributed by atoms with Crippen LogP contribution in [0.25, 0.3) is 0 Å². The number of rotatable bonds is 5. The number of carbonyl (C=O) groups is 1. The number of methoxy groups -OCH3 is 1. The minimum Gasteiger partial charge on any atom is -0.376 e. The normalized spacial score (nSPS) is 16.8. The number of anilines is 1. The van der Waals surface area contributed by atoms with Gasteiger partial charge < -0.3 is 15.4 Å². The quantitative estimate of drug-likeness (QED) is 0.828. The molecule has 1 aromatic rings. The Hall–Kier alpha value is -1.62. The van der Waals surface area contributed by atoms with Gasteiger partial charge in [-0.3, -0.25) is 4.79 Å². The van der Waals surface area contributed by atoms with Gasteiger partial charge in [-0.25, -0.2) is 4.98 Å². The minimum atomic E-state index is -0.145. The number of hydrogen-bond donors (Lipinski definition) is 2. The van der Waals surface area contributed by atoms with Crippen molar-refractivity contribution < 1.29 is 9.53 Å². The van der Waals surface area contributed by atoms with Crippen LogP contribution in [0.15, 0.2) is 18.3 Å². The Balaban J connectivity index is 1.90. The molecule has 5 heteroatoms. The zero-order valence-electron chi connectivity index (χ0n) is 10.8. The lowest BCUT2D eigenvalue weighted by Crippen LogP contribution is -2.49. The Morgan fingerprint density at radius 2 is 2.28 bits per heavy atom. The molecule has 1 saturated carbocycles. The van der Waals surface area contributed by atoms with Gasteiger partial charge in [0.15, 0.2) is 0 Å². The smallest absolute Gasteiger partial charge is 0.252 e. The second kappa shape index (κ2) is 5.35. The molecule has 1 fully saturated rings. The summed E-state index contributed by atoms with van der Waals surface area (Å²) in [7, 11) is 3.50. The van der Waals surface area contributed by atoms with Crippen LogP contribution in [0.3, 0.4) is 0 Å². The lowest BCUT2D eigenvalue weighted by molar-refractivity contribution is -0.0679. The third-order valence-electron chi connectivity index (χ3n) is 3.55. The van der Waals surface area contributed by atoms with E-state index >= 15 is 0 Å². The van der Waals surface area contributed by atoms with Gasteiger partial charge in [-0.05, 0) is 31.4 Å². The number of hydrogen-bond acceptors (Lipinski definition) is 4. The first-order chi connectivity index (χ1) is 8.69. The van der Waals surface area contributed by atoms with E-state index in [0.29, 0.717) is 12.1 Å². The van der Waals surface area contributed by atoms with E-state index < -0.39 is 0 Å². The maximum atomic E-state index is 11.9. The molecule has 1 aliphatic carbocycles. The van der Waals surface area contributed by atoms with Gasteiger partial charge in [0.05, 0.1) is 11.2 Å². The maximum Gasteiger partial charge on any atom is 0.252 e. The molecule has 1 aliphatic rings. The topological polar surface area (TPSA) is 63.2 Å². The number of carbonyl (C=O) groups excluding carboxylic acids is 1. The van der Waals surface area contributed by atoms with E-state index in [1.807, 2.05) is 0 Å². The highest BCUT2D eigenvalue weighted by Crippen LogP contribution is 2.34. The van der Waals surface area contributed by atoms with E-state index in [1.165, 1.54) is 6.42 Å². The summed E-state index contributed by atoms with van der Waals surface area (Å²) < 4.78 is 5.46. The predicted molar refractivity (Wildman–Crippen MR) is 69.7 cm³/mol. The Morgan fingerprint density at radius 1 is 1.50 bits per heavy atom. The van der Waals surface area contributed by atoms with Crippen LogP contribution in [0.4, 0.5) is 5.82 Å². The molecule has 0 unspecified atom stereocenters. The number of aromatic nitrogens is 1. The van der Waals surface area contributed by atoms with E-state index in [1.54, 1.807) is 32.5 Å². The van der Waals surface area contributed by atoms with Crippen molar-refractivity contribution >= 4 is 11.7 Å². The van der Waals surface area contributed by atoms with Gasteiger partial charge in [0.2, 0.25) is 0 Å². The summed E-state index contributed by atoms with van der Waals surface area (Å²) in [6, 6.07) is 3.54. The molecule has 98 valence electrons. The Labute approximate surface area is 107 Å². The van der Waals surface area contributed by atoms with Gasteiger partial charge in [0, 0.05) is 26.9 Å². The summed E-state index contributed by atoms with van der Waals surface area (Å²) in [6.07, 6.45) is 4.77. The summed E-state index contributed by atoms with van der Waals surface area (Å²) in [6.45, 7) is 0.566. The summed E-state index contributed by atoms with van der Waals surface area (Å²) in [5.74, 6) is 0.646. The van der Waals surface area contributed by atoms with Crippen LogP contribution in [0, 0.1) is 0 Å². The molecule has 2 N–H and O–H groups in total. The first-order valence-electron chi connectivity index (χ1n) is 6.16. The third kappa shape index (κ3) is 2.61. The van der Waals surface area contributed by atoms with E-state index in [-0.39, 0.29) is 11.5 Å². The highest BCUT2D eigenvalue weighted by Gasteiger charge is 2.37. The molecular formula is C13H19N3O2. The highest BCUT2D eigenvalue weighted by atomic mass is 16.5. The molecule has 0 bridgehead atoms. The van der Waals surface area contributed by atoms with Crippen LogP contribution in [0.5, 0.6) is 0 Å².